The molecule has 4 heteroatoms. The second-order valence-corrected chi connectivity index (χ2v) is 4.97. The molecule has 0 saturated heterocycles. The van der Waals surface area contributed by atoms with Gasteiger partial charge in [0, 0.05) is 13.1 Å². The molecule has 0 N–H and O–H groups in total. The number of halogens is 1. The molecule has 1 aliphatic carbocycles. The summed E-state index contributed by atoms with van der Waals surface area (Å²) in [6.45, 7) is 5.26. The minimum Gasteiger partial charge on any atom is -0.343 e. The number of carbonyl (C=O) groups is 2. The lowest BCUT2D eigenvalue weighted by Gasteiger charge is -2.28. The van der Waals surface area contributed by atoms with Gasteiger partial charge in [-0.05, 0) is 26.7 Å². The standard InChI is InChI=1S/C11H18BrNO2/c1-3-13(4-2)11(15)8-6-5-7-9(12)10(8)14/h8-9H,3-7H2,1-2H3/t8-,9+/m1/s1. The van der Waals surface area contributed by atoms with Crippen molar-refractivity contribution in [3.8, 4) is 0 Å². The Balaban J connectivity index is 2.69. The van der Waals surface area contributed by atoms with Gasteiger partial charge < -0.3 is 4.90 Å². The van der Waals surface area contributed by atoms with Crippen molar-refractivity contribution in [2.24, 2.45) is 5.92 Å². The highest BCUT2D eigenvalue weighted by Crippen LogP contribution is 2.27. The van der Waals surface area contributed by atoms with Crippen LogP contribution in [0.15, 0.2) is 0 Å². The molecule has 0 spiro atoms. The molecule has 1 fully saturated rings. The zero-order valence-electron chi connectivity index (χ0n) is 9.33. The van der Waals surface area contributed by atoms with Crippen molar-refractivity contribution in [1.29, 1.82) is 0 Å². The van der Waals surface area contributed by atoms with Crippen molar-refractivity contribution in [2.75, 3.05) is 13.1 Å². The van der Waals surface area contributed by atoms with Crippen molar-refractivity contribution < 1.29 is 9.59 Å². The quantitative estimate of drug-likeness (QED) is 0.584. The molecule has 0 unspecified atom stereocenters. The molecular formula is C11H18BrNO2. The zero-order valence-corrected chi connectivity index (χ0v) is 10.9. The van der Waals surface area contributed by atoms with Gasteiger partial charge >= 0.3 is 0 Å². The fourth-order valence-corrected chi connectivity index (χ4v) is 2.65. The summed E-state index contributed by atoms with van der Waals surface area (Å²) in [5, 5.41) is 0. The summed E-state index contributed by atoms with van der Waals surface area (Å²) in [7, 11) is 0. The molecule has 2 atom stereocenters. The topological polar surface area (TPSA) is 37.4 Å². The molecule has 86 valence electrons. The van der Waals surface area contributed by atoms with Crippen molar-refractivity contribution in [2.45, 2.75) is 37.9 Å². The minimum atomic E-state index is -0.400. The lowest BCUT2D eigenvalue weighted by atomic mass is 9.87. The van der Waals surface area contributed by atoms with Crippen LogP contribution in [0.25, 0.3) is 0 Å². The van der Waals surface area contributed by atoms with Crippen molar-refractivity contribution in [3.05, 3.63) is 0 Å². The number of amides is 1. The van der Waals surface area contributed by atoms with Gasteiger partial charge in [0.2, 0.25) is 5.91 Å². The minimum absolute atomic E-state index is 0.00847. The molecule has 1 rings (SSSR count). The van der Waals surface area contributed by atoms with Crippen LogP contribution in [0.2, 0.25) is 0 Å². The van der Waals surface area contributed by atoms with Crippen LogP contribution in [-0.2, 0) is 9.59 Å². The Hall–Kier alpha value is -0.380. The second kappa shape index (κ2) is 5.64. The van der Waals surface area contributed by atoms with Gasteiger partial charge in [0.15, 0.2) is 5.78 Å². The first-order chi connectivity index (χ1) is 7.11. The van der Waals surface area contributed by atoms with E-state index in [4.69, 9.17) is 0 Å². The van der Waals surface area contributed by atoms with Crippen LogP contribution in [0.4, 0.5) is 0 Å². The summed E-state index contributed by atoms with van der Waals surface area (Å²) >= 11 is 3.34. The monoisotopic (exact) mass is 275 g/mol. The molecule has 1 amide bonds. The van der Waals surface area contributed by atoms with E-state index in [1.165, 1.54) is 0 Å². The van der Waals surface area contributed by atoms with Gasteiger partial charge in [-0.1, -0.05) is 22.4 Å². The molecule has 0 bridgehead atoms. The first-order valence-corrected chi connectivity index (χ1v) is 6.49. The average Bonchev–Trinajstić information content (AvgIpc) is 2.23. The Morgan fingerprint density at radius 1 is 1.40 bits per heavy atom. The van der Waals surface area contributed by atoms with Crippen LogP contribution in [0.3, 0.4) is 0 Å². The number of hydrogen-bond acceptors (Lipinski definition) is 2. The van der Waals surface area contributed by atoms with Crippen LogP contribution in [0.1, 0.15) is 33.1 Å². The average molecular weight is 276 g/mol. The molecule has 0 aromatic carbocycles. The van der Waals surface area contributed by atoms with E-state index in [0.29, 0.717) is 13.1 Å². The van der Waals surface area contributed by atoms with E-state index in [2.05, 4.69) is 15.9 Å². The van der Waals surface area contributed by atoms with E-state index in [1.54, 1.807) is 4.90 Å². The van der Waals surface area contributed by atoms with Gasteiger partial charge in [-0.15, -0.1) is 0 Å². The van der Waals surface area contributed by atoms with E-state index in [1.807, 2.05) is 13.8 Å². The van der Waals surface area contributed by atoms with Crippen molar-refractivity contribution >= 4 is 27.6 Å². The van der Waals surface area contributed by atoms with E-state index < -0.39 is 5.92 Å². The molecule has 0 aromatic rings. The SMILES string of the molecule is CCN(CC)C(=O)[C@@H]1CCC[C@H](Br)C1=O. The molecule has 15 heavy (non-hydrogen) atoms. The lowest BCUT2D eigenvalue weighted by Crippen LogP contribution is -2.43. The van der Waals surface area contributed by atoms with E-state index in [9.17, 15) is 9.59 Å². The summed E-state index contributed by atoms with van der Waals surface area (Å²) < 4.78 is 0. The van der Waals surface area contributed by atoms with Crippen LogP contribution >= 0.6 is 15.9 Å². The number of rotatable bonds is 3. The molecule has 0 heterocycles. The first kappa shape index (κ1) is 12.7. The van der Waals surface area contributed by atoms with Crippen molar-refractivity contribution in [1.82, 2.24) is 4.90 Å². The highest BCUT2D eigenvalue weighted by Gasteiger charge is 2.35. The van der Waals surface area contributed by atoms with E-state index in [0.717, 1.165) is 19.3 Å². The molecular weight excluding hydrogens is 258 g/mol. The second-order valence-electron chi connectivity index (χ2n) is 3.86. The fourth-order valence-electron chi connectivity index (χ4n) is 2.00. The maximum absolute atomic E-state index is 12.0. The number of alkyl halides is 1. The fraction of sp³-hybridized carbons (Fsp3) is 0.818. The van der Waals surface area contributed by atoms with Gasteiger partial charge in [-0.25, -0.2) is 0 Å². The number of Topliss-reactive ketones (excluding diaryl/α,β-unsaturated/α-hetero) is 1. The highest BCUT2D eigenvalue weighted by atomic mass is 79.9. The smallest absolute Gasteiger partial charge is 0.233 e. The summed E-state index contributed by atoms with van der Waals surface area (Å²) in [6.07, 6.45) is 2.54. The molecule has 1 aliphatic rings. The van der Waals surface area contributed by atoms with E-state index in [-0.39, 0.29) is 16.5 Å². The third-order valence-corrected chi connectivity index (χ3v) is 3.88. The third-order valence-electron chi connectivity index (χ3n) is 2.98. The Bertz CT molecular complexity index is 251. The van der Waals surface area contributed by atoms with Gasteiger partial charge in [-0.3, -0.25) is 9.59 Å². The summed E-state index contributed by atoms with van der Waals surface area (Å²) in [6, 6.07) is 0. The number of ketones is 1. The Morgan fingerprint density at radius 2 is 2.00 bits per heavy atom. The first-order valence-electron chi connectivity index (χ1n) is 5.58. The van der Waals surface area contributed by atoms with Crippen LogP contribution in [-0.4, -0.2) is 34.5 Å². The van der Waals surface area contributed by atoms with Gasteiger partial charge in [0.25, 0.3) is 0 Å². The lowest BCUT2D eigenvalue weighted by molar-refractivity contribution is -0.142. The molecule has 3 nitrogen and oxygen atoms in total. The van der Waals surface area contributed by atoms with Gasteiger partial charge in [0.1, 0.15) is 0 Å². The normalized spacial score (nSPS) is 26.5. The predicted octanol–water partition coefficient (Wildman–Crippen LogP) is 1.99. The van der Waals surface area contributed by atoms with Gasteiger partial charge in [-0.2, -0.15) is 0 Å². The van der Waals surface area contributed by atoms with E-state index >= 15 is 0 Å². The van der Waals surface area contributed by atoms with Crippen molar-refractivity contribution in [3.63, 3.8) is 0 Å². The highest BCUT2D eigenvalue weighted by molar-refractivity contribution is 9.10. The predicted molar refractivity (Wildman–Crippen MR) is 63.0 cm³/mol. The summed E-state index contributed by atoms with van der Waals surface area (Å²) in [5.41, 5.74) is 0. The molecule has 0 radical (unpaired) electrons. The summed E-state index contributed by atoms with van der Waals surface area (Å²) in [4.78, 5) is 25.4. The molecule has 0 aliphatic heterocycles. The van der Waals surface area contributed by atoms with Gasteiger partial charge in [0.05, 0.1) is 10.7 Å². The number of nitrogens with zero attached hydrogens (tertiary/aromatic N) is 1. The maximum Gasteiger partial charge on any atom is 0.233 e. The largest absolute Gasteiger partial charge is 0.343 e. The number of carbonyl (C=O) groups excluding carboxylic acids is 2. The Morgan fingerprint density at radius 3 is 2.53 bits per heavy atom. The Kier molecular flexibility index (Phi) is 4.77. The van der Waals surface area contributed by atoms with Crippen LogP contribution < -0.4 is 0 Å². The zero-order chi connectivity index (χ0) is 11.4. The maximum atomic E-state index is 12.0. The summed E-state index contributed by atoms with van der Waals surface area (Å²) in [5.74, 6) is -0.324. The third kappa shape index (κ3) is 2.80. The van der Waals surface area contributed by atoms with Crippen LogP contribution in [0, 0.1) is 5.92 Å². The molecule has 1 saturated carbocycles. The molecule has 0 aromatic heterocycles. The Labute approximate surface area is 99.3 Å². The number of hydrogen-bond donors (Lipinski definition) is 0. The van der Waals surface area contributed by atoms with Crippen LogP contribution in [0.5, 0.6) is 0 Å².